The van der Waals surface area contributed by atoms with Gasteiger partial charge in [-0.1, -0.05) is 0 Å². The first kappa shape index (κ1) is 11.4. The molecule has 1 unspecified atom stereocenters. The van der Waals surface area contributed by atoms with E-state index in [4.69, 9.17) is 9.84 Å². The van der Waals surface area contributed by atoms with Crippen LogP contribution >= 0.6 is 11.8 Å². The molecular weight excluding hydrogens is 196 g/mol. The second-order valence-electron chi connectivity index (χ2n) is 3.16. The van der Waals surface area contributed by atoms with E-state index in [1.54, 1.807) is 18.7 Å². The summed E-state index contributed by atoms with van der Waals surface area (Å²) in [5.74, 6) is 0.864. The Balaban J connectivity index is 2.36. The van der Waals surface area contributed by atoms with E-state index in [0.29, 0.717) is 13.0 Å². The maximum Gasteiger partial charge on any atom is 0.119 e. The summed E-state index contributed by atoms with van der Waals surface area (Å²) in [5, 5.41) is 9.03. The molecule has 0 aliphatic carbocycles. The first-order valence-electron chi connectivity index (χ1n) is 4.67. The van der Waals surface area contributed by atoms with Crippen LogP contribution in [0.4, 0.5) is 0 Å². The van der Waals surface area contributed by atoms with Crippen LogP contribution in [0, 0.1) is 0 Å². The van der Waals surface area contributed by atoms with Gasteiger partial charge in [0.05, 0.1) is 12.7 Å². The molecule has 0 saturated heterocycles. The number of ether oxygens (including phenoxy) is 1. The summed E-state index contributed by atoms with van der Waals surface area (Å²) in [7, 11) is 0. The molecule has 2 nitrogen and oxygen atoms in total. The third kappa shape index (κ3) is 4.03. The van der Waals surface area contributed by atoms with Gasteiger partial charge in [0.25, 0.3) is 0 Å². The standard InChI is InChI=1S/C11H16O2S/c1-9(12)7-8-13-10-3-5-11(14-2)6-4-10/h3-6,9,12H,7-8H2,1-2H3. The minimum Gasteiger partial charge on any atom is -0.493 e. The maximum absolute atomic E-state index is 9.03. The minimum absolute atomic E-state index is 0.291. The van der Waals surface area contributed by atoms with E-state index in [9.17, 15) is 0 Å². The van der Waals surface area contributed by atoms with Gasteiger partial charge in [-0.15, -0.1) is 11.8 Å². The molecule has 0 radical (unpaired) electrons. The van der Waals surface area contributed by atoms with Crippen LogP contribution in [0.5, 0.6) is 5.75 Å². The monoisotopic (exact) mass is 212 g/mol. The van der Waals surface area contributed by atoms with Crippen LogP contribution in [0.15, 0.2) is 29.2 Å². The molecular formula is C11H16O2S. The molecule has 0 aromatic heterocycles. The largest absolute Gasteiger partial charge is 0.493 e. The normalized spacial score (nSPS) is 12.5. The van der Waals surface area contributed by atoms with Crippen molar-refractivity contribution >= 4 is 11.8 Å². The van der Waals surface area contributed by atoms with Crippen LogP contribution < -0.4 is 4.74 Å². The van der Waals surface area contributed by atoms with E-state index in [1.165, 1.54) is 4.90 Å². The van der Waals surface area contributed by atoms with Crippen molar-refractivity contribution in [3.05, 3.63) is 24.3 Å². The Morgan fingerprint density at radius 3 is 2.50 bits per heavy atom. The molecule has 78 valence electrons. The van der Waals surface area contributed by atoms with Crippen molar-refractivity contribution in [2.45, 2.75) is 24.3 Å². The predicted molar refractivity (Wildman–Crippen MR) is 60.0 cm³/mol. The molecule has 1 aromatic rings. The number of rotatable bonds is 5. The maximum atomic E-state index is 9.03. The van der Waals surface area contributed by atoms with Crippen molar-refractivity contribution in [2.75, 3.05) is 12.9 Å². The van der Waals surface area contributed by atoms with Crippen LogP contribution in [0.2, 0.25) is 0 Å². The van der Waals surface area contributed by atoms with Gasteiger partial charge in [0, 0.05) is 11.3 Å². The first-order valence-corrected chi connectivity index (χ1v) is 5.90. The fourth-order valence-corrected chi connectivity index (χ4v) is 1.43. The third-order valence-corrected chi connectivity index (χ3v) is 2.61. The van der Waals surface area contributed by atoms with Gasteiger partial charge in [-0.05, 0) is 37.4 Å². The van der Waals surface area contributed by atoms with Crippen molar-refractivity contribution in [3.63, 3.8) is 0 Å². The van der Waals surface area contributed by atoms with Crippen LogP contribution in [-0.4, -0.2) is 24.1 Å². The van der Waals surface area contributed by atoms with Gasteiger partial charge >= 0.3 is 0 Å². The highest BCUT2D eigenvalue weighted by Crippen LogP contribution is 2.18. The van der Waals surface area contributed by atoms with Gasteiger partial charge in [0.15, 0.2) is 0 Å². The fourth-order valence-electron chi connectivity index (χ4n) is 1.02. The van der Waals surface area contributed by atoms with E-state index < -0.39 is 0 Å². The number of thioether (sulfide) groups is 1. The fraction of sp³-hybridized carbons (Fsp3) is 0.455. The highest BCUT2D eigenvalue weighted by atomic mass is 32.2. The lowest BCUT2D eigenvalue weighted by molar-refractivity contribution is 0.155. The number of benzene rings is 1. The summed E-state index contributed by atoms with van der Waals surface area (Å²) in [5.41, 5.74) is 0. The Hall–Kier alpha value is -0.670. The molecule has 0 spiro atoms. The van der Waals surface area contributed by atoms with Crippen LogP contribution in [0.25, 0.3) is 0 Å². The molecule has 0 fully saturated rings. The third-order valence-electron chi connectivity index (χ3n) is 1.86. The molecule has 0 aliphatic rings. The quantitative estimate of drug-likeness (QED) is 0.761. The van der Waals surface area contributed by atoms with Gasteiger partial charge in [-0.25, -0.2) is 0 Å². The van der Waals surface area contributed by atoms with Gasteiger partial charge in [0.1, 0.15) is 5.75 Å². The van der Waals surface area contributed by atoms with Crippen LogP contribution in [-0.2, 0) is 0 Å². The van der Waals surface area contributed by atoms with Crippen molar-refractivity contribution in [2.24, 2.45) is 0 Å². The molecule has 0 amide bonds. The molecule has 1 atom stereocenters. The molecule has 1 rings (SSSR count). The van der Waals surface area contributed by atoms with Crippen molar-refractivity contribution in [1.29, 1.82) is 0 Å². The Morgan fingerprint density at radius 2 is 2.00 bits per heavy atom. The molecule has 1 N–H and O–H groups in total. The second kappa shape index (κ2) is 5.94. The van der Waals surface area contributed by atoms with Gasteiger partial charge in [-0.2, -0.15) is 0 Å². The Labute approximate surface area is 89.3 Å². The number of aliphatic hydroxyl groups is 1. The Bertz CT molecular complexity index is 256. The smallest absolute Gasteiger partial charge is 0.119 e. The Morgan fingerprint density at radius 1 is 1.36 bits per heavy atom. The molecule has 0 heterocycles. The number of hydrogen-bond donors (Lipinski definition) is 1. The minimum atomic E-state index is -0.291. The second-order valence-corrected chi connectivity index (χ2v) is 4.04. The van der Waals surface area contributed by atoms with Crippen LogP contribution in [0.1, 0.15) is 13.3 Å². The molecule has 0 bridgehead atoms. The summed E-state index contributed by atoms with van der Waals surface area (Å²) in [6.07, 6.45) is 2.42. The molecule has 1 aromatic carbocycles. The lowest BCUT2D eigenvalue weighted by Gasteiger charge is -2.07. The van der Waals surface area contributed by atoms with E-state index in [1.807, 2.05) is 30.5 Å². The summed E-state index contributed by atoms with van der Waals surface area (Å²) in [6.45, 7) is 2.33. The molecule has 0 saturated carbocycles. The zero-order valence-corrected chi connectivity index (χ0v) is 9.38. The zero-order valence-electron chi connectivity index (χ0n) is 8.56. The zero-order chi connectivity index (χ0) is 10.4. The molecule has 3 heteroatoms. The predicted octanol–water partition coefficient (Wildman–Crippen LogP) is 2.56. The summed E-state index contributed by atoms with van der Waals surface area (Å²) < 4.78 is 5.45. The molecule has 14 heavy (non-hydrogen) atoms. The van der Waals surface area contributed by atoms with E-state index in [0.717, 1.165) is 5.75 Å². The van der Waals surface area contributed by atoms with Crippen molar-refractivity contribution in [3.8, 4) is 5.75 Å². The molecule has 0 aliphatic heterocycles. The number of aliphatic hydroxyl groups excluding tert-OH is 1. The van der Waals surface area contributed by atoms with E-state index in [2.05, 4.69) is 0 Å². The highest BCUT2D eigenvalue weighted by molar-refractivity contribution is 7.98. The topological polar surface area (TPSA) is 29.5 Å². The SMILES string of the molecule is CSc1ccc(OCCC(C)O)cc1. The number of hydrogen-bond acceptors (Lipinski definition) is 3. The average molecular weight is 212 g/mol. The summed E-state index contributed by atoms with van der Waals surface area (Å²) in [4.78, 5) is 1.23. The first-order chi connectivity index (χ1) is 6.72. The Kier molecular flexibility index (Phi) is 4.84. The average Bonchev–Trinajstić information content (AvgIpc) is 2.18. The van der Waals surface area contributed by atoms with E-state index >= 15 is 0 Å². The van der Waals surface area contributed by atoms with Gasteiger partial charge in [0.2, 0.25) is 0 Å². The van der Waals surface area contributed by atoms with E-state index in [-0.39, 0.29) is 6.10 Å². The van der Waals surface area contributed by atoms with Gasteiger partial charge in [-0.3, -0.25) is 0 Å². The summed E-state index contributed by atoms with van der Waals surface area (Å²) in [6, 6.07) is 7.96. The van der Waals surface area contributed by atoms with Crippen molar-refractivity contribution in [1.82, 2.24) is 0 Å². The highest BCUT2D eigenvalue weighted by Gasteiger charge is 1.97. The van der Waals surface area contributed by atoms with Crippen LogP contribution in [0.3, 0.4) is 0 Å². The lowest BCUT2D eigenvalue weighted by atomic mass is 10.3. The lowest BCUT2D eigenvalue weighted by Crippen LogP contribution is -2.07. The van der Waals surface area contributed by atoms with Crippen molar-refractivity contribution < 1.29 is 9.84 Å². The summed E-state index contributed by atoms with van der Waals surface area (Å²) >= 11 is 1.71. The van der Waals surface area contributed by atoms with Gasteiger partial charge < -0.3 is 9.84 Å².